The molecule has 0 aromatic carbocycles. The second kappa shape index (κ2) is 2.91. The van der Waals surface area contributed by atoms with Crippen molar-refractivity contribution in [2.75, 3.05) is 0 Å². The van der Waals surface area contributed by atoms with Crippen molar-refractivity contribution >= 4 is 12.0 Å². The van der Waals surface area contributed by atoms with Gasteiger partial charge in [0.25, 0.3) is 0 Å². The molecule has 1 rings (SSSR count). The minimum atomic E-state index is -1.01. The van der Waals surface area contributed by atoms with Crippen LogP contribution in [0.1, 0.15) is 0 Å². The average Bonchev–Trinajstić information content (AvgIpc) is 1.93. The van der Waals surface area contributed by atoms with Crippen molar-refractivity contribution in [3.63, 3.8) is 0 Å². The molecule has 0 bridgehead atoms. The van der Waals surface area contributed by atoms with Crippen LogP contribution < -0.4 is 5.73 Å². The number of carbonyl (C=O) groups is 2. The molecule has 0 aromatic rings. The van der Waals surface area contributed by atoms with Crippen LogP contribution >= 0.6 is 0 Å². The normalized spacial score (nSPS) is 21.8. The molecule has 1 heterocycles. The lowest BCUT2D eigenvalue weighted by atomic mass is 10.3. The predicted octanol–water partition coefficient (Wildman–Crippen LogP) is -0.0436. The zero-order chi connectivity index (χ0) is 8.27. The van der Waals surface area contributed by atoms with Crippen LogP contribution in [0.25, 0.3) is 0 Å². The maximum absolute atomic E-state index is 10.7. The number of ether oxygens (including phenoxy) is 1. The summed E-state index contributed by atoms with van der Waals surface area (Å²) in [5.74, 6) is -0.633. The molecule has 0 saturated heterocycles. The smallest absolute Gasteiger partial charge is 0.405 e. The first kappa shape index (κ1) is 7.39. The molecule has 11 heavy (non-hydrogen) atoms. The zero-order valence-corrected chi connectivity index (χ0v) is 5.43. The van der Waals surface area contributed by atoms with E-state index in [0.717, 1.165) is 0 Å². The maximum Gasteiger partial charge on any atom is 0.405 e. The fraction of sp³-hybridized carbons (Fsp3) is 0.200. The summed E-state index contributed by atoms with van der Waals surface area (Å²) in [6.07, 6.45) is 0.532. The summed E-state index contributed by atoms with van der Waals surface area (Å²) < 4.78 is 4.35. The van der Waals surface area contributed by atoms with E-state index in [0.29, 0.717) is 0 Å². The summed E-state index contributed by atoms with van der Waals surface area (Å²) in [4.78, 5) is 20.8. The lowest BCUT2D eigenvalue weighted by molar-refractivity contribution is -0.124. The third-order valence-electron chi connectivity index (χ3n) is 0.970. The van der Waals surface area contributed by atoms with E-state index in [1.54, 1.807) is 0 Å². The van der Waals surface area contributed by atoms with Crippen molar-refractivity contribution in [2.45, 2.75) is 6.10 Å². The molecule has 1 unspecified atom stereocenters. The maximum atomic E-state index is 10.7. The van der Waals surface area contributed by atoms with E-state index >= 15 is 0 Å². The van der Waals surface area contributed by atoms with E-state index in [2.05, 4.69) is 20.7 Å². The first-order valence-corrected chi connectivity index (χ1v) is 2.77. The van der Waals surface area contributed by atoms with Crippen LogP contribution in [0.4, 0.5) is 4.79 Å². The Hall–Kier alpha value is -1.72. The van der Waals surface area contributed by atoms with E-state index in [1.807, 2.05) is 0 Å². The van der Waals surface area contributed by atoms with Crippen LogP contribution in [0, 0.1) is 0 Å². The molecule has 0 aromatic heterocycles. The quantitative estimate of drug-likeness (QED) is 0.575. The number of amides is 2. The van der Waals surface area contributed by atoms with Crippen LogP contribution in [0.3, 0.4) is 0 Å². The summed E-state index contributed by atoms with van der Waals surface area (Å²) in [6, 6.07) is 0. The highest BCUT2D eigenvalue weighted by Gasteiger charge is 2.20. The fourth-order valence-electron chi connectivity index (χ4n) is 0.561. The molecule has 6 nitrogen and oxygen atoms in total. The van der Waals surface area contributed by atoms with Crippen LogP contribution in [-0.4, -0.2) is 18.1 Å². The summed E-state index contributed by atoms with van der Waals surface area (Å²) in [5.41, 5.74) is 4.67. The molecule has 0 fully saturated rings. The molecular formula is C5H5N3O3. The van der Waals surface area contributed by atoms with Crippen molar-refractivity contribution in [2.24, 2.45) is 16.0 Å². The van der Waals surface area contributed by atoms with Gasteiger partial charge in [-0.3, -0.25) is 4.79 Å². The third kappa shape index (κ3) is 1.85. The number of carbonyl (C=O) groups excluding carboxylic acids is 2. The Balaban J connectivity index is 2.59. The number of azo groups is 1. The SMILES string of the molecule is NC(=O)OC1C=CN=NC1=O. The van der Waals surface area contributed by atoms with Crippen molar-refractivity contribution in [3.05, 3.63) is 12.3 Å². The molecular weight excluding hydrogens is 150 g/mol. The predicted molar refractivity (Wildman–Crippen MR) is 33.5 cm³/mol. The van der Waals surface area contributed by atoms with E-state index in [1.165, 1.54) is 12.3 Å². The topological polar surface area (TPSA) is 94.1 Å². The largest absolute Gasteiger partial charge is 0.432 e. The first-order valence-electron chi connectivity index (χ1n) is 2.77. The van der Waals surface area contributed by atoms with Gasteiger partial charge in [0.05, 0.1) is 0 Å². The van der Waals surface area contributed by atoms with Crippen molar-refractivity contribution in [3.8, 4) is 0 Å². The highest BCUT2D eigenvalue weighted by atomic mass is 16.6. The van der Waals surface area contributed by atoms with E-state index in [9.17, 15) is 9.59 Å². The second-order valence-corrected chi connectivity index (χ2v) is 1.75. The lowest BCUT2D eigenvalue weighted by Crippen LogP contribution is -2.27. The Morgan fingerprint density at radius 3 is 3.00 bits per heavy atom. The van der Waals surface area contributed by atoms with Gasteiger partial charge in [0, 0.05) is 6.20 Å². The number of nitrogens with two attached hydrogens (primary N) is 1. The van der Waals surface area contributed by atoms with Crippen LogP contribution in [0.2, 0.25) is 0 Å². The Kier molecular flexibility index (Phi) is 1.95. The Morgan fingerprint density at radius 2 is 2.45 bits per heavy atom. The highest BCUT2D eigenvalue weighted by Crippen LogP contribution is 2.03. The average molecular weight is 155 g/mol. The Labute approximate surface area is 61.7 Å². The second-order valence-electron chi connectivity index (χ2n) is 1.75. The molecule has 1 atom stereocenters. The molecule has 0 spiro atoms. The monoisotopic (exact) mass is 155 g/mol. The fourth-order valence-corrected chi connectivity index (χ4v) is 0.561. The van der Waals surface area contributed by atoms with E-state index in [4.69, 9.17) is 0 Å². The number of hydrogen-bond acceptors (Lipinski definition) is 4. The van der Waals surface area contributed by atoms with Gasteiger partial charge < -0.3 is 10.5 Å². The minimum absolute atomic E-state index is 0.633. The van der Waals surface area contributed by atoms with Gasteiger partial charge in [-0.2, -0.15) is 5.11 Å². The van der Waals surface area contributed by atoms with Gasteiger partial charge in [-0.15, -0.1) is 5.11 Å². The van der Waals surface area contributed by atoms with Crippen LogP contribution in [0.5, 0.6) is 0 Å². The van der Waals surface area contributed by atoms with Gasteiger partial charge in [-0.1, -0.05) is 0 Å². The van der Waals surface area contributed by atoms with Gasteiger partial charge in [0.15, 0.2) is 0 Å². The minimum Gasteiger partial charge on any atom is -0.432 e. The van der Waals surface area contributed by atoms with Gasteiger partial charge in [0.1, 0.15) is 0 Å². The molecule has 58 valence electrons. The summed E-state index contributed by atoms with van der Waals surface area (Å²) >= 11 is 0. The molecule has 1 aliphatic rings. The number of primary amides is 1. The Bertz CT molecular complexity index is 245. The zero-order valence-electron chi connectivity index (χ0n) is 5.43. The number of hydrogen-bond donors (Lipinski definition) is 1. The van der Waals surface area contributed by atoms with Gasteiger partial charge in [0.2, 0.25) is 6.10 Å². The third-order valence-corrected chi connectivity index (χ3v) is 0.970. The van der Waals surface area contributed by atoms with Crippen molar-refractivity contribution in [1.82, 2.24) is 0 Å². The van der Waals surface area contributed by atoms with Crippen LogP contribution in [-0.2, 0) is 9.53 Å². The van der Waals surface area contributed by atoms with Crippen molar-refractivity contribution < 1.29 is 14.3 Å². The first-order chi connectivity index (χ1) is 5.20. The summed E-state index contributed by atoms with van der Waals surface area (Å²) in [7, 11) is 0. The molecule has 0 saturated carbocycles. The van der Waals surface area contributed by atoms with Gasteiger partial charge in [-0.25, -0.2) is 4.79 Å². The summed E-state index contributed by atoms with van der Waals surface area (Å²) in [5, 5.41) is 6.41. The number of nitrogens with zero attached hydrogens (tertiary/aromatic N) is 2. The standard InChI is InChI=1S/C5H5N3O3/c6-5(10)11-3-1-2-7-8-4(3)9/h1-3H,(H2,6,10). The van der Waals surface area contributed by atoms with Crippen molar-refractivity contribution in [1.29, 1.82) is 0 Å². The Morgan fingerprint density at radius 1 is 1.73 bits per heavy atom. The van der Waals surface area contributed by atoms with E-state index < -0.39 is 18.1 Å². The molecule has 2 amide bonds. The molecule has 0 aliphatic carbocycles. The molecule has 1 aliphatic heterocycles. The molecule has 2 N–H and O–H groups in total. The summed E-state index contributed by atoms with van der Waals surface area (Å²) in [6.45, 7) is 0. The molecule has 0 radical (unpaired) electrons. The lowest BCUT2D eigenvalue weighted by Gasteiger charge is -2.08. The van der Waals surface area contributed by atoms with Crippen LogP contribution in [0.15, 0.2) is 22.5 Å². The molecule has 6 heteroatoms. The highest BCUT2D eigenvalue weighted by molar-refractivity contribution is 5.85. The van der Waals surface area contributed by atoms with E-state index in [-0.39, 0.29) is 0 Å². The number of rotatable bonds is 1. The van der Waals surface area contributed by atoms with Gasteiger partial charge in [-0.05, 0) is 6.08 Å². The van der Waals surface area contributed by atoms with Gasteiger partial charge >= 0.3 is 12.0 Å².